The van der Waals surface area contributed by atoms with E-state index in [0.717, 1.165) is 32.2 Å². The molecule has 0 aromatic heterocycles. The van der Waals surface area contributed by atoms with Gasteiger partial charge in [-0.25, -0.2) is 0 Å². The fourth-order valence-electron chi connectivity index (χ4n) is 2.74. The molecule has 1 amide bonds. The van der Waals surface area contributed by atoms with Gasteiger partial charge >= 0.3 is 0 Å². The summed E-state index contributed by atoms with van der Waals surface area (Å²) in [6.07, 6.45) is 8.29. The number of nitrogens with one attached hydrogen (secondary N) is 1. The topological polar surface area (TPSA) is 67.5 Å². The second-order valence-electron chi connectivity index (χ2n) is 5.05. The minimum atomic E-state index is 0.0285. The molecule has 17 heavy (non-hydrogen) atoms. The van der Waals surface area contributed by atoms with Crippen LogP contribution in [0.1, 0.15) is 32.6 Å². The maximum absolute atomic E-state index is 11.1. The zero-order chi connectivity index (χ0) is 12.3. The molecule has 0 radical (unpaired) electrons. The summed E-state index contributed by atoms with van der Waals surface area (Å²) in [5.74, 6) is 0.465. The fraction of sp³-hybridized carbons (Fsp3) is 0.692. The Morgan fingerprint density at radius 1 is 1.59 bits per heavy atom. The van der Waals surface area contributed by atoms with Gasteiger partial charge in [-0.05, 0) is 25.7 Å². The SMILES string of the molecule is CC(=O)NC1CC(C2C=NCCC2)=CC(N)C1. The number of aliphatic imine (C=N–C) groups is 1. The Balaban J connectivity index is 2.03. The highest BCUT2D eigenvalue weighted by molar-refractivity contribution is 5.73. The largest absolute Gasteiger partial charge is 0.353 e. The molecule has 0 aromatic rings. The van der Waals surface area contributed by atoms with Crippen LogP contribution in [0.3, 0.4) is 0 Å². The summed E-state index contributed by atoms with van der Waals surface area (Å²) in [4.78, 5) is 15.5. The molecule has 1 aliphatic carbocycles. The predicted octanol–water partition coefficient (Wildman–Crippen LogP) is 1.02. The summed E-state index contributed by atoms with van der Waals surface area (Å²) in [5.41, 5.74) is 7.38. The monoisotopic (exact) mass is 235 g/mol. The van der Waals surface area contributed by atoms with E-state index in [1.54, 1.807) is 6.92 Å². The lowest BCUT2D eigenvalue weighted by molar-refractivity contribution is -0.119. The van der Waals surface area contributed by atoms with Gasteiger partial charge in [-0.15, -0.1) is 0 Å². The fourth-order valence-corrected chi connectivity index (χ4v) is 2.74. The van der Waals surface area contributed by atoms with E-state index in [2.05, 4.69) is 22.6 Å². The summed E-state index contributed by atoms with van der Waals surface area (Å²) in [7, 11) is 0. The molecule has 2 rings (SSSR count). The molecule has 0 saturated heterocycles. The number of amides is 1. The third-order valence-electron chi connectivity index (χ3n) is 3.44. The average molecular weight is 235 g/mol. The van der Waals surface area contributed by atoms with Crippen molar-refractivity contribution in [3.63, 3.8) is 0 Å². The van der Waals surface area contributed by atoms with Crippen LogP contribution >= 0.6 is 0 Å². The van der Waals surface area contributed by atoms with Gasteiger partial charge in [0, 0.05) is 37.7 Å². The first-order valence-electron chi connectivity index (χ1n) is 6.38. The van der Waals surface area contributed by atoms with Crippen LogP contribution in [-0.4, -0.2) is 30.8 Å². The van der Waals surface area contributed by atoms with Crippen LogP contribution in [0.25, 0.3) is 0 Å². The van der Waals surface area contributed by atoms with Gasteiger partial charge in [-0.1, -0.05) is 11.6 Å². The summed E-state index contributed by atoms with van der Waals surface area (Å²) in [5, 5.41) is 2.98. The number of hydrogen-bond donors (Lipinski definition) is 2. The molecule has 3 unspecified atom stereocenters. The first-order chi connectivity index (χ1) is 8.15. The summed E-state index contributed by atoms with van der Waals surface area (Å²) < 4.78 is 0. The molecule has 1 aliphatic heterocycles. The Hall–Kier alpha value is -1.16. The molecular formula is C13H21N3O. The zero-order valence-electron chi connectivity index (χ0n) is 10.4. The van der Waals surface area contributed by atoms with Crippen molar-refractivity contribution in [1.82, 2.24) is 5.32 Å². The van der Waals surface area contributed by atoms with Gasteiger partial charge in [0.2, 0.25) is 5.91 Å². The maximum Gasteiger partial charge on any atom is 0.217 e. The van der Waals surface area contributed by atoms with Crippen molar-refractivity contribution in [2.75, 3.05) is 6.54 Å². The highest BCUT2D eigenvalue weighted by atomic mass is 16.1. The zero-order valence-corrected chi connectivity index (χ0v) is 10.4. The van der Waals surface area contributed by atoms with Gasteiger partial charge in [0.15, 0.2) is 0 Å². The summed E-state index contributed by atoms with van der Waals surface area (Å²) in [6, 6.07) is 0.253. The molecule has 3 atom stereocenters. The normalized spacial score (nSPS) is 33.1. The Bertz CT molecular complexity index is 349. The van der Waals surface area contributed by atoms with Crippen molar-refractivity contribution < 1.29 is 4.79 Å². The molecule has 0 saturated carbocycles. The van der Waals surface area contributed by atoms with E-state index in [1.165, 1.54) is 5.57 Å². The quantitative estimate of drug-likeness (QED) is 0.702. The minimum Gasteiger partial charge on any atom is -0.353 e. The molecule has 1 heterocycles. The lowest BCUT2D eigenvalue weighted by atomic mass is 9.82. The van der Waals surface area contributed by atoms with Crippen LogP contribution in [0.2, 0.25) is 0 Å². The van der Waals surface area contributed by atoms with E-state index in [0.29, 0.717) is 5.92 Å². The number of carbonyl (C=O) groups excluding carboxylic acids is 1. The second kappa shape index (κ2) is 5.45. The molecule has 3 N–H and O–H groups in total. The predicted molar refractivity (Wildman–Crippen MR) is 69.0 cm³/mol. The highest BCUT2D eigenvalue weighted by Crippen LogP contribution is 2.27. The molecule has 0 spiro atoms. The first kappa shape index (κ1) is 12.3. The van der Waals surface area contributed by atoms with E-state index < -0.39 is 0 Å². The van der Waals surface area contributed by atoms with Crippen LogP contribution in [0.5, 0.6) is 0 Å². The first-order valence-corrected chi connectivity index (χ1v) is 6.38. The van der Waals surface area contributed by atoms with E-state index in [9.17, 15) is 4.79 Å². The molecular weight excluding hydrogens is 214 g/mol. The second-order valence-corrected chi connectivity index (χ2v) is 5.05. The van der Waals surface area contributed by atoms with Crippen molar-refractivity contribution in [3.8, 4) is 0 Å². The van der Waals surface area contributed by atoms with Crippen LogP contribution in [0.15, 0.2) is 16.6 Å². The van der Waals surface area contributed by atoms with Crippen LogP contribution < -0.4 is 11.1 Å². The van der Waals surface area contributed by atoms with Crippen molar-refractivity contribution in [3.05, 3.63) is 11.6 Å². The van der Waals surface area contributed by atoms with Gasteiger partial charge in [0.25, 0.3) is 0 Å². The van der Waals surface area contributed by atoms with Gasteiger partial charge < -0.3 is 11.1 Å². The number of rotatable bonds is 2. The molecule has 4 nitrogen and oxygen atoms in total. The minimum absolute atomic E-state index is 0.0285. The molecule has 94 valence electrons. The third-order valence-corrected chi connectivity index (χ3v) is 3.44. The Labute approximate surface area is 102 Å². The number of nitrogens with zero attached hydrogens (tertiary/aromatic N) is 1. The number of hydrogen-bond acceptors (Lipinski definition) is 3. The standard InChI is InChI=1S/C13H21N3O/c1-9(17)16-13-6-11(5-12(14)7-13)10-3-2-4-15-8-10/h5,8,10,12-13H,2-4,6-7,14H2,1H3,(H,16,17). The van der Waals surface area contributed by atoms with Crippen molar-refractivity contribution in [1.29, 1.82) is 0 Å². The van der Waals surface area contributed by atoms with Crippen molar-refractivity contribution in [2.24, 2.45) is 16.6 Å². The molecule has 2 aliphatic rings. The Kier molecular flexibility index (Phi) is 3.94. The Morgan fingerprint density at radius 3 is 3.06 bits per heavy atom. The molecule has 0 bridgehead atoms. The smallest absolute Gasteiger partial charge is 0.217 e. The number of carbonyl (C=O) groups is 1. The van der Waals surface area contributed by atoms with Crippen LogP contribution in [0.4, 0.5) is 0 Å². The Morgan fingerprint density at radius 2 is 2.41 bits per heavy atom. The van der Waals surface area contributed by atoms with E-state index in [1.807, 2.05) is 0 Å². The van der Waals surface area contributed by atoms with E-state index in [4.69, 9.17) is 5.73 Å². The van der Waals surface area contributed by atoms with Crippen LogP contribution in [-0.2, 0) is 4.79 Å². The number of nitrogens with two attached hydrogens (primary N) is 1. The van der Waals surface area contributed by atoms with Gasteiger partial charge in [0.1, 0.15) is 0 Å². The molecule has 0 aromatic carbocycles. The average Bonchev–Trinajstić information content (AvgIpc) is 2.28. The lowest BCUT2D eigenvalue weighted by Gasteiger charge is -2.30. The highest BCUT2D eigenvalue weighted by Gasteiger charge is 2.25. The lowest BCUT2D eigenvalue weighted by Crippen LogP contribution is -2.41. The summed E-state index contributed by atoms with van der Waals surface area (Å²) in [6.45, 7) is 2.51. The molecule has 0 fully saturated rings. The van der Waals surface area contributed by atoms with E-state index >= 15 is 0 Å². The summed E-state index contributed by atoms with van der Waals surface area (Å²) >= 11 is 0. The molecule has 4 heteroatoms. The van der Waals surface area contributed by atoms with Gasteiger partial charge in [-0.3, -0.25) is 9.79 Å². The van der Waals surface area contributed by atoms with Crippen molar-refractivity contribution >= 4 is 12.1 Å². The van der Waals surface area contributed by atoms with Gasteiger partial charge in [0.05, 0.1) is 0 Å². The van der Waals surface area contributed by atoms with Gasteiger partial charge in [-0.2, -0.15) is 0 Å². The van der Waals surface area contributed by atoms with Crippen molar-refractivity contribution in [2.45, 2.75) is 44.7 Å². The third kappa shape index (κ3) is 3.40. The van der Waals surface area contributed by atoms with Crippen LogP contribution in [0, 0.1) is 5.92 Å². The maximum atomic E-state index is 11.1. The van der Waals surface area contributed by atoms with E-state index in [-0.39, 0.29) is 18.0 Å².